The van der Waals surface area contributed by atoms with Crippen LogP contribution in [0.25, 0.3) is 0 Å². The second-order valence-corrected chi connectivity index (χ2v) is 6.11. The van der Waals surface area contributed by atoms with Crippen molar-refractivity contribution in [3.8, 4) is 0 Å². The fourth-order valence-corrected chi connectivity index (χ4v) is 2.79. The van der Waals surface area contributed by atoms with Gasteiger partial charge in [0, 0.05) is 27.4 Å². The molecule has 0 aromatic heterocycles. The molecule has 0 radical (unpaired) electrons. The molecule has 0 N–H and O–H groups in total. The summed E-state index contributed by atoms with van der Waals surface area (Å²) >= 11 is 0. The molecule has 0 amide bonds. The summed E-state index contributed by atoms with van der Waals surface area (Å²) < 4.78 is 55.6. The zero-order valence-electron chi connectivity index (χ0n) is 9.60. The molecule has 0 fully saturated rings. The van der Waals surface area contributed by atoms with E-state index in [-0.39, 0.29) is 13.0 Å². The van der Waals surface area contributed by atoms with Crippen LogP contribution in [0.5, 0.6) is 0 Å². The molecule has 0 aliphatic heterocycles. The number of halogens is 3. The largest absolute Gasteiger partial charge is 0.500 e. The summed E-state index contributed by atoms with van der Waals surface area (Å²) in [5.41, 5.74) is 0. The number of ether oxygens (including phenoxy) is 1. The first-order valence-electron chi connectivity index (χ1n) is 4.68. The molecule has 0 atom stereocenters. The van der Waals surface area contributed by atoms with E-state index in [1.165, 1.54) is 21.3 Å². The standard InChI is InChI=1S/C8H17F3O4Si/c1-12-16(13-2,14-3)6-4-5-15-8(10,11)7-9/h4-7H2,1-3H3. The van der Waals surface area contributed by atoms with Gasteiger partial charge in [-0.3, -0.25) is 0 Å². The number of hydrogen-bond donors (Lipinski definition) is 0. The van der Waals surface area contributed by atoms with E-state index in [1.54, 1.807) is 0 Å². The van der Waals surface area contributed by atoms with Crippen LogP contribution in [0.4, 0.5) is 13.2 Å². The minimum absolute atomic E-state index is 0.247. The van der Waals surface area contributed by atoms with Crippen molar-refractivity contribution in [3.05, 3.63) is 0 Å². The molecule has 0 saturated heterocycles. The SMILES string of the molecule is CO[Si](CCCOC(F)(F)CF)(OC)OC. The van der Waals surface area contributed by atoms with Crippen LogP contribution in [-0.4, -0.2) is 49.5 Å². The fraction of sp³-hybridized carbons (Fsp3) is 1.00. The summed E-state index contributed by atoms with van der Waals surface area (Å²) in [7, 11) is 1.54. The van der Waals surface area contributed by atoms with E-state index < -0.39 is 21.6 Å². The number of hydrogen-bond acceptors (Lipinski definition) is 4. The quantitative estimate of drug-likeness (QED) is 0.469. The van der Waals surface area contributed by atoms with E-state index in [9.17, 15) is 13.2 Å². The first-order valence-corrected chi connectivity index (χ1v) is 6.61. The second kappa shape index (κ2) is 7.23. The summed E-state index contributed by atoms with van der Waals surface area (Å²) in [5, 5.41) is 0. The molecule has 0 saturated carbocycles. The molecule has 0 aliphatic rings. The molecular formula is C8H17F3O4Si. The van der Waals surface area contributed by atoms with Crippen molar-refractivity contribution in [2.75, 3.05) is 34.6 Å². The Labute approximate surface area is 94.0 Å². The smallest absolute Gasteiger partial charge is 0.377 e. The van der Waals surface area contributed by atoms with Crippen LogP contribution >= 0.6 is 0 Å². The predicted molar refractivity (Wildman–Crippen MR) is 53.1 cm³/mol. The first kappa shape index (κ1) is 15.8. The lowest BCUT2D eigenvalue weighted by molar-refractivity contribution is -0.245. The van der Waals surface area contributed by atoms with Gasteiger partial charge in [-0.1, -0.05) is 0 Å². The molecule has 4 nitrogen and oxygen atoms in total. The fourth-order valence-electron chi connectivity index (χ4n) is 1.10. The molecule has 0 heterocycles. The van der Waals surface area contributed by atoms with Crippen LogP contribution in [-0.2, 0) is 18.0 Å². The van der Waals surface area contributed by atoms with Crippen LogP contribution in [0.15, 0.2) is 0 Å². The zero-order chi connectivity index (χ0) is 12.7. The molecule has 8 heteroatoms. The predicted octanol–water partition coefficient (Wildman–Crippen LogP) is 1.83. The third-order valence-corrected chi connectivity index (χ3v) is 4.86. The van der Waals surface area contributed by atoms with Gasteiger partial charge in [0.1, 0.15) is 0 Å². The Hall–Kier alpha value is -0.153. The Morgan fingerprint density at radius 2 is 1.56 bits per heavy atom. The molecular weight excluding hydrogens is 245 g/mol. The van der Waals surface area contributed by atoms with Gasteiger partial charge in [0.25, 0.3) is 0 Å². The molecule has 0 aliphatic carbocycles. The van der Waals surface area contributed by atoms with Crippen molar-refractivity contribution in [2.24, 2.45) is 0 Å². The van der Waals surface area contributed by atoms with E-state index >= 15 is 0 Å². The van der Waals surface area contributed by atoms with Gasteiger partial charge in [-0.15, -0.1) is 0 Å². The highest BCUT2D eigenvalue weighted by atomic mass is 28.4. The van der Waals surface area contributed by atoms with Gasteiger partial charge < -0.3 is 18.0 Å². The summed E-state index contributed by atoms with van der Waals surface area (Å²) in [5.74, 6) is 0. The third-order valence-electron chi connectivity index (χ3n) is 2.03. The highest BCUT2D eigenvalue weighted by molar-refractivity contribution is 6.60. The van der Waals surface area contributed by atoms with Gasteiger partial charge in [-0.25, -0.2) is 4.39 Å². The molecule has 0 aromatic rings. The zero-order valence-corrected chi connectivity index (χ0v) is 10.6. The lowest BCUT2D eigenvalue weighted by atomic mass is 10.5. The van der Waals surface area contributed by atoms with Gasteiger partial charge in [-0.2, -0.15) is 8.78 Å². The summed E-state index contributed by atoms with van der Waals surface area (Å²) in [6, 6.07) is 0.332. The van der Waals surface area contributed by atoms with Gasteiger partial charge >= 0.3 is 14.9 Å². The molecule has 98 valence electrons. The van der Waals surface area contributed by atoms with Crippen LogP contribution in [0.2, 0.25) is 6.04 Å². The summed E-state index contributed by atoms with van der Waals surface area (Å²) in [4.78, 5) is 0. The van der Waals surface area contributed by atoms with Crippen molar-refractivity contribution in [3.63, 3.8) is 0 Å². The maximum absolute atomic E-state index is 12.3. The Bertz CT molecular complexity index is 182. The lowest BCUT2D eigenvalue weighted by Crippen LogP contribution is -2.43. The van der Waals surface area contributed by atoms with E-state index in [4.69, 9.17) is 13.3 Å². The topological polar surface area (TPSA) is 36.9 Å². The summed E-state index contributed by atoms with van der Waals surface area (Å²) in [6.45, 7) is -2.10. The van der Waals surface area contributed by atoms with Crippen molar-refractivity contribution >= 4 is 8.80 Å². The van der Waals surface area contributed by atoms with Crippen LogP contribution in [0.1, 0.15) is 6.42 Å². The number of rotatable bonds is 9. The van der Waals surface area contributed by atoms with E-state index in [0.29, 0.717) is 6.04 Å². The van der Waals surface area contributed by atoms with Gasteiger partial charge in [-0.05, 0) is 6.42 Å². The molecule has 16 heavy (non-hydrogen) atoms. The van der Waals surface area contributed by atoms with Crippen LogP contribution in [0, 0.1) is 0 Å². The van der Waals surface area contributed by atoms with Crippen molar-refractivity contribution in [2.45, 2.75) is 18.6 Å². The minimum Gasteiger partial charge on any atom is -0.377 e. The van der Waals surface area contributed by atoms with E-state index in [2.05, 4.69) is 4.74 Å². The Kier molecular flexibility index (Phi) is 7.16. The monoisotopic (exact) mass is 262 g/mol. The van der Waals surface area contributed by atoms with E-state index in [1.807, 2.05) is 0 Å². The highest BCUT2D eigenvalue weighted by Gasteiger charge is 2.37. The van der Waals surface area contributed by atoms with Crippen LogP contribution < -0.4 is 0 Å². The normalized spacial score (nSPS) is 13.1. The van der Waals surface area contributed by atoms with Crippen molar-refractivity contribution in [1.29, 1.82) is 0 Å². The van der Waals surface area contributed by atoms with Gasteiger partial charge in [0.05, 0.1) is 6.61 Å². The molecule has 0 aromatic carbocycles. The van der Waals surface area contributed by atoms with Crippen molar-refractivity contribution < 1.29 is 31.2 Å². The average Bonchev–Trinajstić information content (AvgIpc) is 2.30. The molecule has 0 unspecified atom stereocenters. The summed E-state index contributed by atoms with van der Waals surface area (Å²) in [6.07, 6.45) is -3.46. The number of alkyl halides is 3. The van der Waals surface area contributed by atoms with E-state index in [0.717, 1.165) is 0 Å². The Balaban J connectivity index is 3.88. The maximum atomic E-state index is 12.3. The lowest BCUT2D eigenvalue weighted by Gasteiger charge is -2.24. The first-order chi connectivity index (χ1) is 7.45. The molecule has 0 spiro atoms. The Morgan fingerprint density at radius 3 is 1.94 bits per heavy atom. The minimum atomic E-state index is -3.71. The molecule has 0 bridgehead atoms. The molecule has 0 rings (SSSR count). The van der Waals surface area contributed by atoms with Gasteiger partial charge in [0.2, 0.25) is 0 Å². The maximum Gasteiger partial charge on any atom is 0.500 e. The second-order valence-electron chi connectivity index (χ2n) is 3.02. The Morgan fingerprint density at radius 1 is 1.06 bits per heavy atom. The van der Waals surface area contributed by atoms with Gasteiger partial charge in [0.15, 0.2) is 6.67 Å². The third kappa shape index (κ3) is 5.26. The highest BCUT2D eigenvalue weighted by Crippen LogP contribution is 2.19. The van der Waals surface area contributed by atoms with Crippen LogP contribution in [0.3, 0.4) is 0 Å². The van der Waals surface area contributed by atoms with Crippen molar-refractivity contribution in [1.82, 2.24) is 0 Å². The average molecular weight is 262 g/mol.